The first-order valence-electron chi connectivity index (χ1n) is 12.1. The highest BCUT2D eigenvalue weighted by Gasteiger charge is 2.29. The zero-order chi connectivity index (χ0) is 27.8. The fourth-order valence-corrected chi connectivity index (χ4v) is 3.06. The highest BCUT2D eigenvalue weighted by atomic mass is 16.6. The molecule has 36 heavy (non-hydrogen) atoms. The number of amides is 4. The topological polar surface area (TPSA) is 135 Å². The maximum absolute atomic E-state index is 13.0. The van der Waals surface area contributed by atoms with Crippen molar-refractivity contribution in [2.75, 3.05) is 10.6 Å². The van der Waals surface area contributed by atoms with Gasteiger partial charge in [0, 0.05) is 0 Å². The summed E-state index contributed by atoms with van der Waals surface area (Å²) in [6.07, 6.45) is -1.41. The Labute approximate surface area is 214 Å². The Morgan fingerprint density at radius 1 is 0.639 bits per heavy atom. The lowest BCUT2D eigenvalue weighted by Gasteiger charge is -2.26. The molecule has 2 atom stereocenters. The van der Waals surface area contributed by atoms with E-state index in [4.69, 9.17) is 9.47 Å². The first kappa shape index (κ1) is 30.7. The molecule has 1 aromatic carbocycles. The monoisotopic (exact) mass is 506 g/mol. The van der Waals surface area contributed by atoms with Gasteiger partial charge >= 0.3 is 12.2 Å². The van der Waals surface area contributed by atoms with E-state index >= 15 is 0 Å². The molecule has 0 aliphatic heterocycles. The van der Waals surface area contributed by atoms with Crippen LogP contribution in [-0.4, -0.2) is 47.3 Å². The standard InChI is InChI=1S/C26H42N4O6/c1-15(2)19(29-23(33)35-25(5,6)7)21(31)27-17-13-11-12-14-18(17)28-22(32)20(16(3)4)30-24(34)36-26(8,9)10/h11-16,19-20H,1-10H3,(H,27,31)(H,28,32)(H,29,33)(H,30,34)/t19-,20-/m0/s1. The lowest BCUT2D eigenvalue weighted by Crippen LogP contribution is -2.49. The largest absolute Gasteiger partial charge is 0.444 e. The Balaban J connectivity index is 3.01. The van der Waals surface area contributed by atoms with Gasteiger partial charge in [0.15, 0.2) is 0 Å². The fraction of sp³-hybridized carbons (Fsp3) is 0.615. The maximum Gasteiger partial charge on any atom is 0.408 e. The molecule has 10 heteroatoms. The van der Waals surface area contributed by atoms with E-state index in [1.54, 1.807) is 93.5 Å². The van der Waals surface area contributed by atoms with Crippen LogP contribution in [0, 0.1) is 11.8 Å². The van der Waals surface area contributed by atoms with Crippen LogP contribution in [-0.2, 0) is 19.1 Å². The maximum atomic E-state index is 13.0. The molecule has 0 bridgehead atoms. The molecule has 1 aromatic rings. The van der Waals surface area contributed by atoms with Gasteiger partial charge in [0.2, 0.25) is 11.8 Å². The minimum Gasteiger partial charge on any atom is -0.444 e. The summed E-state index contributed by atoms with van der Waals surface area (Å²) >= 11 is 0. The quantitative estimate of drug-likeness (QED) is 0.405. The predicted molar refractivity (Wildman–Crippen MR) is 140 cm³/mol. The number of benzene rings is 1. The number of rotatable bonds is 8. The van der Waals surface area contributed by atoms with E-state index in [-0.39, 0.29) is 11.8 Å². The van der Waals surface area contributed by atoms with Crippen molar-refractivity contribution in [1.82, 2.24) is 10.6 Å². The molecular weight excluding hydrogens is 464 g/mol. The van der Waals surface area contributed by atoms with Gasteiger partial charge in [0.25, 0.3) is 0 Å². The minimum atomic E-state index is -0.874. The Hall–Kier alpha value is -3.30. The molecule has 0 spiro atoms. The van der Waals surface area contributed by atoms with E-state index in [0.29, 0.717) is 11.4 Å². The lowest BCUT2D eigenvalue weighted by atomic mass is 10.0. The Bertz CT molecular complexity index is 856. The van der Waals surface area contributed by atoms with Crippen LogP contribution in [0.1, 0.15) is 69.2 Å². The Morgan fingerprint density at radius 2 is 0.944 bits per heavy atom. The van der Waals surface area contributed by atoms with Crippen molar-refractivity contribution in [2.45, 2.75) is 92.5 Å². The van der Waals surface area contributed by atoms with E-state index in [0.717, 1.165) is 0 Å². The third kappa shape index (κ3) is 11.0. The van der Waals surface area contributed by atoms with Gasteiger partial charge in [0.05, 0.1) is 11.4 Å². The number of carbonyl (C=O) groups is 4. The summed E-state index contributed by atoms with van der Waals surface area (Å²) in [5.41, 5.74) is -0.738. The number of carbonyl (C=O) groups excluding carboxylic acids is 4. The second kappa shape index (κ2) is 12.6. The van der Waals surface area contributed by atoms with E-state index in [9.17, 15) is 19.2 Å². The smallest absolute Gasteiger partial charge is 0.408 e. The molecule has 1 rings (SSSR count). The van der Waals surface area contributed by atoms with Crippen molar-refractivity contribution in [1.29, 1.82) is 0 Å². The molecule has 0 aliphatic rings. The highest BCUT2D eigenvalue weighted by molar-refractivity contribution is 6.03. The van der Waals surface area contributed by atoms with Gasteiger partial charge in [-0.3, -0.25) is 9.59 Å². The van der Waals surface area contributed by atoms with Crippen LogP contribution < -0.4 is 21.3 Å². The second-order valence-electron chi connectivity index (χ2n) is 11.3. The molecule has 4 N–H and O–H groups in total. The minimum absolute atomic E-state index is 0.234. The summed E-state index contributed by atoms with van der Waals surface area (Å²) in [5, 5.41) is 10.7. The summed E-state index contributed by atoms with van der Waals surface area (Å²) < 4.78 is 10.5. The van der Waals surface area contributed by atoms with Crippen molar-refractivity contribution in [3.05, 3.63) is 24.3 Å². The summed E-state index contributed by atoms with van der Waals surface area (Å²) in [5.74, 6) is -1.40. The highest BCUT2D eigenvalue weighted by Crippen LogP contribution is 2.23. The van der Waals surface area contributed by atoms with Crippen molar-refractivity contribution in [3.8, 4) is 0 Å². The summed E-state index contributed by atoms with van der Waals surface area (Å²) in [6, 6.07) is 4.92. The number of hydrogen-bond donors (Lipinski definition) is 4. The van der Waals surface area contributed by atoms with Crippen LogP contribution in [0.4, 0.5) is 21.0 Å². The molecule has 0 radical (unpaired) electrons. The zero-order valence-corrected chi connectivity index (χ0v) is 23.1. The molecule has 4 amide bonds. The predicted octanol–water partition coefficient (Wildman–Crippen LogP) is 4.66. The first-order chi connectivity index (χ1) is 16.4. The molecule has 10 nitrogen and oxygen atoms in total. The lowest BCUT2D eigenvalue weighted by molar-refractivity contribution is -0.120. The third-order valence-corrected chi connectivity index (χ3v) is 4.69. The van der Waals surface area contributed by atoms with Gasteiger partial charge in [-0.1, -0.05) is 39.8 Å². The summed E-state index contributed by atoms with van der Waals surface area (Å²) in [4.78, 5) is 50.6. The summed E-state index contributed by atoms with van der Waals surface area (Å²) in [6.45, 7) is 17.6. The van der Waals surface area contributed by atoms with Gasteiger partial charge in [-0.05, 0) is 65.5 Å². The SMILES string of the molecule is CC(C)[C@H](NC(=O)OC(C)(C)C)C(=O)Nc1ccccc1NC(=O)[C@@H](NC(=O)OC(C)(C)C)C(C)C. The second-order valence-corrected chi connectivity index (χ2v) is 11.3. The average Bonchev–Trinajstić information content (AvgIpc) is 2.68. The third-order valence-electron chi connectivity index (χ3n) is 4.69. The number of ether oxygens (including phenoxy) is 2. The molecular formula is C26H42N4O6. The van der Waals surface area contributed by atoms with E-state index in [1.807, 2.05) is 0 Å². The van der Waals surface area contributed by atoms with Gasteiger partial charge in [-0.2, -0.15) is 0 Å². The van der Waals surface area contributed by atoms with Crippen LogP contribution in [0.15, 0.2) is 24.3 Å². The number of anilines is 2. The molecule has 0 saturated carbocycles. The normalized spacial score (nSPS) is 13.4. The number of hydrogen-bond acceptors (Lipinski definition) is 6. The fourth-order valence-electron chi connectivity index (χ4n) is 3.06. The van der Waals surface area contributed by atoms with E-state index < -0.39 is 47.3 Å². The first-order valence-corrected chi connectivity index (χ1v) is 12.1. The van der Waals surface area contributed by atoms with Crippen molar-refractivity contribution in [2.24, 2.45) is 11.8 Å². The molecule has 0 aromatic heterocycles. The summed E-state index contributed by atoms with van der Waals surface area (Å²) in [7, 11) is 0. The number of nitrogens with one attached hydrogen (secondary N) is 4. The molecule has 202 valence electrons. The molecule has 0 aliphatic carbocycles. The number of alkyl carbamates (subject to hydrolysis) is 2. The average molecular weight is 507 g/mol. The molecule has 0 fully saturated rings. The van der Waals surface area contributed by atoms with Gasteiger partial charge < -0.3 is 30.7 Å². The van der Waals surface area contributed by atoms with Crippen molar-refractivity contribution < 1.29 is 28.7 Å². The van der Waals surface area contributed by atoms with Crippen LogP contribution in [0.25, 0.3) is 0 Å². The van der Waals surface area contributed by atoms with Crippen LogP contribution >= 0.6 is 0 Å². The molecule has 0 unspecified atom stereocenters. The van der Waals surface area contributed by atoms with Crippen LogP contribution in [0.2, 0.25) is 0 Å². The molecule has 0 heterocycles. The van der Waals surface area contributed by atoms with Crippen LogP contribution in [0.5, 0.6) is 0 Å². The van der Waals surface area contributed by atoms with Crippen molar-refractivity contribution in [3.63, 3.8) is 0 Å². The van der Waals surface area contributed by atoms with E-state index in [1.165, 1.54) is 0 Å². The van der Waals surface area contributed by atoms with Gasteiger partial charge in [-0.15, -0.1) is 0 Å². The van der Waals surface area contributed by atoms with Crippen LogP contribution in [0.3, 0.4) is 0 Å². The van der Waals surface area contributed by atoms with E-state index in [2.05, 4.69) is 21.3 Å². The van der Waals surface area contributed by atoms with Crippen molar-refractivity contribution >= 4 is 35.4 Å². The Morgan fingerprint density at radius 3 is 1.19 bits per heavy atom. The van der Waals surface area contributed by atoms with Gasteiger partial charge in [-0.25, -0.2) is 9.59 Å². The number of para-hydroxylation sites is 2. The Kier molecular flexibility index (Phi) is 10.8. The van der Waals surface area contributed by atoms with Gasteiger partial charge in [0.1, 0.15) is 23.3 Å². The zero-order valence-electron chi connectivity index (χ0n) is 23.1. The molecule has 0 saturated heterocycles.